The molecule has 0 amide bonds. The SMILES string of the molecule is Cc1ccc(Br)c(Nc2ccc(C#N)cc2Cl)c1. The van der Waals surface area contributed by atoms with Crippen molar-refractivity contribution in [2.75, 3.05) is 5.32 Å². The summed E-state index contributed by atoms with van der Waals surface area (Å²) in [6, 6.07) is 13.3. The molecule has 18 heavy (non-hydrogen) atoms. The second kappa shape index (κ2) is 5.43. The molecule has 0 fully saturated rings. The summed E-state index contributed by atoms with van der Waals surface area (Å²) in [6.07, 6.45) is 0. The van der Waals surface area contributed by atoms with Crippen molar-refractivity contribution in [3.05, 3.63) is 57.0 Å². The van der Waals surface area contributed by atoms with Gasteiger partial charge < -0.3 is 5.32 Å². The van der Waals surface area contributed by atoms with Gasteiger partial charge in [0.15, 0.2) is 0 Å². The van der Waals surface area contributed by atoms with Crippen molar-refractivity contribution in [2.45, 2.75) is 6.92 Å². The van der Waals surface area contributed by atoms with Crippen molar-refractivity contribution in [1.82, 2.24) is 0 Å². The molecule has 0 aliphatic rings. The Balaban J connectivity index is 2.34. The van der Waals surface area contributed by atoms with Crippen LogP contribution in [0.1, 0.15) is 11.1 Å². The zero-order chi connectivity index (χ0) is 13.1. The van der Waals surface area contributed by atoms with Gasteiger partial charge in [-0.3, -0.25) is 0 Å². The van der Waals surface area contributed by atoms with Gasteiger partial charge in [-0.15, -0.1) is 0 Å². The molecule has 0 aromatic heterocycles. The van der Waals surface area contributed by atoms with Crippen molar-refractivity contribution in [2.24, 2.45) is 0 Å². The van der Waals surface area contributed by atoms with E-state index in [9.17, 15) is 0 Å². The monoisotopic (exact) mass is 320 g/mol. The van der Waals surface area contributed by atoms with Crippen molar-refractivity contribution in [3.8, 4) is 6.07 Å². The fourth-order valence-corrected chi connectivity index (χ4v) is 2.14. The molecule has 0 heterocycles. The van der Waals surface area contributed by atoms with Crippen LogP contribution >= 0.6 is 27.5 Å². The first kappa shape index (κ1) is 12.9. The number of benzene rings is 2. The van der Waals surface area contributed by atoms with Crippen LogP contribution < -0.4 is 5.32 Å². The minimum atomic E-state index is 0.530. The summed E-state index contributed by atoms with van der Waals surface area (Å²) in [5.74, 6) is 0. The lowest BCUT2D eigenvalue weighted by Crippen LogP contribution is -1.93. The zero-order valence-electron chi connectivity index (χ0n) is 9.67. The van der Waals surface area contributed by atoms with E-state index in [1.54, 1.807) is 18.2 Å². The average Bonchev–Trinajstić information content (AvgIpc) is 2.36. The summed E-state index contributed by atoms with van der Waals surface area (Å²) in [5.41, 5.74) is 3.43. The Kier molecular flexibility index (Phi) is 3.90. The molecule has 1 N–H and O–H groups in total. The van der Waals surface area contributed by atoms with Gasteiger partial charge in [-0.2, -0.15) is 5.26 Å². The number of halogens is 2. The molecule has 2 rings (SSSR count). The number of aryl methyl sites for hydroxylation is 1. The van der Waals surface area contributed by atoms with Crippen molar-refractivity contribution in [1.29, 1.82) is 5.26 Å². The first-order valence-corrected chi connectivity index (χ1v) is 6.50. The third-order valence-electron chi connectivity index (χ3n) is 2.49. The van der Waals surface area contributed by atoms with Crippen LogP contribution in [0.25, 0.3) is 0 Å². The van der Waals surface area contributed by atoms with Crippen LogP contribution in [0.15, 0.2) is 40.9 Å². The highest BCUT2D eigenvalue weighted by Gasteiger charge is 2.05. The molecule has 90 valence electrons. The fraction of sp³-hybridized carbons (Fsp3) is 0.0714. The Hall–Kier alpha value is -1.50. The molecule has 0 atom stereocenters. The zero-order valence-corrected chi connectivity index (χ0v) is 12.0. The van der Waals surface area contributed by atoms with Gasteiger partial charge in [-0.1, -0.05) is 17.7 Å². The second-order valence-corrected chi connectivity index (χ2v) is 5.18. The van der Waals surface area contributed by atoms with Crippen LogP contribution in [0, 0.1) is 18.3 Å². The van der Waals surface area contributed by atoms with Crippen molar-refractivity contribution in [3.63, 3.8) is 0 Å². The molecule has 4 heteroatoms. The fourth-order valence-electron chi connectivity index (χ4n) is 1.57. The minimum absolute atomic E-state index is 0.530. The van der Waals surface area contributed by atoms with E-state index in [4.69, 9.17) is 16.9 Å². The Morgan fingerprint density at radius 3 is 2.61 bits per heavy atom. The van der Waals surface area contributed by atoms with E-state index >= 15 is 0 Å². The van der Waals surface area contributed by atoms with Crippen LogP contribution in [0.2, 0.25) is 5.02 Å². The third kappa shape index (κ3) is 2.84. The number of nitrogens with zero attached hydrogens (tertiary/aromatic N) is 1. The molecule has 0 aliphatic carbocycles. The van der Waals surface area contributed by atoms with Crippen molar-refractivity contribution >= 4 is 38.9 Å². The summed E-state index contributed by atoms with van der Waals surface area (Å²) < 4.78 is 0.966. The smallest absolute Gasteiger partial charge is 0.0992 e. The van der Waals surface area contributed by atoms with Gasteiger partial charge in [-0.25, -0.2) is 0 Å². The number of anilines is 2. The summed E-state index contributed by atoms with van der Waals surface area (Å²) in [4.78, 5) is 0. The van der Waals surface area contributed by atoms with Crippen LogP contribution in [-0.4, -0.2) is 0 Å². The van der Waals surface area contributed by atoms with Gasteiger partial charge in [0.2, 0.25) is 0 Å². The van der Waals surface area contributed by atoms with E-state index in [1.165, 1.54) is 0 Å². The minimum Gasteiger partial charge on any atom is -0.353 e. The van der Waals surface area contributed by atoms with Gasteiger partial charge in [0.1, 0.15) is 0 Å². The standard InChI is InChI=1S/C14H10BrClN2/c1-9-2-4-11(15)14(6-9)18-13-5-3-10(8-17)7-12(13)16/h2-7,18H,1H3. The van der Waals surface area contributed by atoms with Crippen molar-refractivity contribution < 1.29 is 0 Å². The molecule has 0 unspecified atom stereocenters. The van der Waals surface area contributed by atoms with Gasteiger partial charge in [0, 0.05) is 4.47 Å². The molecule has 0 spiro atoms. The van der Waals surface area contributed by atoms with Crippen LogP contribution in [-0.2, 0) is 0 Å². The number of nitrogens with one attached hydrogen (secondary N) is 1. The molecular weight excluding hydrogens is 312 g/mol. The number of hydrogen-bond donors (Lipinski definition) is 1. The maximum absolute atomic E-state index is 8.79. The van der Waals surface area contributed by atoms with E-state index in [-0.39, 0.29) is 0 Å². The summed E-state index contributed by atoms with van der Waals surface area (Å²) in [5, 5.41) is 12.6. The van der Waals surface area contributed by atoms with Gasteiger partial charge in [0.25, 0.3) is 0 Å². The lowest BCUT2D eigenvalue weighted by molar-refractivity contribution is 1.43. The number of rotatable bonds is 2. The normalized spacial score (nSPS) is 9.89. The van der Waals surface area contributed by atoms with Crippen LogP contribution in [0.3, 0.4) is 0 Å². The molecule has 2 nitrogen and oxygen atoms in total. The lowest BCUT2D eigenvalue weighted by atomic mass is 10.2. The predicted molar refractivity (Wildman–Crippen MR) is 78.3 cm³/mol. The van der Waals surface area contributed by atoms with E-state index in [0.717, 1.165) is 21.4 Å². The molecule has 2 aromatic carbocycles. The van der Waals surface area contributed by atoms with E-state index in [0.29, 0.717) is 10.6 Å². The van der Waals surface area contributed by atoms with Crippen LogP contribution in [0.5, 0.6) is 0 Å². The third-order valence-corrected chi connectivity index (χ3v) is 3.49. The second-order valence-electron chi connectivity index (χ2n) is 3.91. The molecular formula is C14H10BrClN2. The molecule has 2 aromatic rings. The Morgan fingerprint density at radius 2 is 1.94 bits per heavy atom. The maximum Gasteiger partial charge on any atom is 0.0992 e. The van der Waals surface area contributed by atoms with Gasteiger partial charge >= 0.3 is 0 Å². The first-order valence-electron chi connectivity index (χ1n) is 5.33. The van der Waals surface area contributed by atoms with Gasteiger partial charge in [-0.05, 0) is 58.7 Å². The average molecular weight is 322 g/mol. The Morgan fingerprint density at radius 1 is 1.17 bits per heavy atom. The molecule has 0 aliphatic heterocycles. The first-order chi connectivity index (χ1) is 8.60. The van der Waals surface area contributed by atoms with E-state index in [2.05, 4.69) is 27.3 Å². The highest BCUT2D eigenvalue weighted by molar-refractivity contribution is 9.10. The van der Waals surface area contributed by atoms with E-state index in [1.807, 2.05) is 25.1 Å². The predicted octanol–water partition coefficient (Wildman–Crippen LogP) is 5.03. The Bertz CT molecular complexity index is 632. The topological polar surface area (TPSA) is 35.8 Å². The quantitative estimate of drug-likeness (QED) is 0.842. The van der Waals surface area contributed by atoms with Gasteiger partial charge in [0.05, 0.1) is 28.0 Å². The highest BCUT2D eigenvalue weighted by Crippen LogP contribution is 2.30. The highest BCUT2D eigenvalue weighted by atomic mass is 79.9. The molecule has 0 bridgehead atoms. The summed E-state index contributed by atoms with van der Waals surface area (Å²) in [7, 11) is 0. The number of hydrogen-bond acceptors (Lipinski definition) is 2. The summed E-state index contributed by atoms with van der Waals surface area (Å²) in [6.45, 7) is 2.03. The lowest BCUT2D eigenvalue weighted by Gasteiger charge is -2.11. The molecule has 0 saturated carbocycles. The van der Waals surface area contributed by atoms with Crippen LogP contribution in [0.4, 0.5) is 11.4 Å². The largest absolute Gasteiger partial charge is 0.353 e. The number of nitriles is 1. The molecule has 0 radical (unpaired) electrons. The maximum atomic E-state index is 8.79. The van der Waals surface area contributed by atoms with E-state index < -0.39 is 0 Å². The molecule has 0 saturated heterocycles. The Labute approximate surface area is 119 Å². The summed E-state index contributed by atoms with van der Waals surface area (Å²) >= 11 is 9.60.